The van der Waals surface area contributed by atoms with E-state index in [1.165, 1.54) is 9.80 Å². The van der Waals surface area contributed by atoms with Gasteiger partial charge >= 0.3 is 22.5 Å². The molecule has 3 aliphatic heterocycles. The average molecular weight is 504 g/mol. The van der Waals surface area contributed by atoms with Gasteiger partial charge in [0.25, 0.3) is 5.91 Å². The molecule has 0 aromatic rings. The van der Waals surface area contributed by atoms with Crippen LogP contribution in [0.1, 0.15) is 33.6 Å². The summed E-state index contributed by atoms with van der Waals surface area (Å²) in [6.45, 7) is 6.45. The highest BCUT2D eigenvalue weighted by molar-refractivity contribution is 7.80. The summed E-state index contributed by atoms with van der Waals surface area (Å²) in [6, 6.07) is -2.26. The Bertz CT molecular complexity index is 962. The van der Waals surface area contributed by atoms with Crippen LogP contribution in [-0.2, 0) is 29.1 Å². The number of carbonyl (C=O) groups excluding carboxylic acids is 3. The number of hydroxylamine groups is 3. The highest BCUT2D eigenvalue weighted by atomic mass is 32.3. The number of carbonyl (C=O) groups is 3. The predicted molar refractivity (Wildman–Crippen MR) is 115 cm³/mol. The zero-order chi connectivity index (χ0) is 25.1. The Labute approximate surface area is 197 Å². The van der Waals surface area contributed by atoms with Crippen molar-refractivity contribution in [2.24, 2.45) is 0 Å². The number of amides is 4. The summed E-state index contributed by atoms with van der Waals surface area (Å²) in [5.74, 6) is -0.553. The summed E-state index contributed by atoms with van der Waals surface area (Å²) in [5, 5.41) is 0.573. The monoisotopic (exact) mass is 503 g/mol. The van der Waals surface area contributed by atoms with Crippen molar-refractivity contribution >= 4 is 28.4 Å². The molecule has 3 aliphatic rings. The zero-order valence-corrected chi connectivity index (χ0v) is 19.9. The smallest absolute Gasteiger partial charge is 0.418 e. The minimum absolute atomic E-state index is 0.0888. The van der Waals surface area contributed by atoms with E-state index >= 15 is 0 Å². The number of piperidine rings is 1. The highest BCUT2D eigenvalue weighted by Crippen LogP contribution is 2.30. The molecule has 3 heterocycles. The molecule has 2 saturated heterocycles. The van der Waals surface area contributed by atoms with Gasteiger partial charge in [-0.05, 0) is 39.7 Å². The fourth-order valence-electron chi connectivity index (χ4n) is 3.63. The van der Waals surface area contributed by atoms with Crippen LogP contribution in [-0.4, -0.2) is 94.7 Å². The summed E-state index contributed by atoms with van der Waals surface area (Å²) in [6.07, 6.45) is 6.73. The quantitative estimate of drug-likeness (QED) is 0.286. The fourth-order valence-corrected chi connectivity index (χ4v) is 4.02. The molecule has 2 N–H and O–H groups in total. The van der Waals surface area contributed by atoms with Crippen LogP contribution >= 0.6 is 0 Å². The van der Waals surface area contributed by atoms with Gasteiger partial charge in [0.1, 0.15) is 11.6 Å². The number of rotatable bonds is 7. The van der Waals surface area contributed by atoms with Crippen LogP contribution in [0.5, 0.6) is 0 Å². The van der Waals surface area contributed by atoms with E-state index in [2.05, 4.69) is 9.76 Å². The van der Waals surface area contributed by atoms with Crippen LogP contribution in [0.2, 0.25) is 0 Å². The van der Waals surface area contributed by atoms with E-state index in [4.69, 9.17) is 14.1 Å². The number of nitrogens with zero attached hydrogens (tertiary/aromatic N) is 4. The van der Waals surface area contributed by atoms with Gasteiger partial charge in [-0.1, -0.05) is 0 Å². The first-order chi connectivity index (χ1) is 15.8. The van der Waals surface area contributed by atoms with Gasteiger partial charge in [-0.2, -0.15) is 13.5 Å². The number of nitrogens with one attached hydrogen (secondary N) is 1. The summed E-state index contributed by atoms with van der Waals surface area (Å²) < 4.78 is 40.4. The molecule has 2 bridgehead atoms. The minimum Gasteiger partial charge on any atom is -0.443 e. The maximum Gasteiger partial charge on any atom is 0.418 e. The lowest BCUT2D eigenvalue weighted by molar-refractivity contribution is -0.139. The highest BCUT2D eigenvalue weighted by Gasteiger charge is 2.49. The number of urea groups is 1. The number of fused-ring (bicyclic) bond motifs is 2. The third kappa shape index (κ3) is 6.82. The van der Waals surface area contributed by atoms with Crippen LogP contribution in [0, 0.1) is 0 Å². The van der Waals surface area contributed by atoms with Crippen molar-refractivity contribution in [3.8, 4) is 0 Å². The molecule has 15 heteroatoms. The molecule has 14 nitrogen and oxygen atoms in total. The van der Waals surface area contributed by atoms with Crippen molar-refractivity contribution in [2.75, 3.05) is 26.2 Å². The maximum absolute atomic E-state index is 12.5. The number of ether oxygens (including phenoxy) is 1. The second-order valence-corrected chi connectivity index (χ2v) is 9.89. The lowest BCUT2D eigenvalue weighted by Gasteiger charge is -2.29. The van der Waals surface area contributed by atoms with E-state index in [0.717, 1.165) is 0 Å². The molecule has 0 aromatic heterocycles. The van der Waals surface area contributed by atoms with Crippen LogP contribution in [0.25, 0.3) is 0 Å². The van der Waals surface area contributed by atoms with Gasteiger partial charge in [0.2, 0.25) is 0 Å². The Morgan fingerprint density at radius 1 is 1.21 bits per heavy atom. The minimum atomic E-state index is -4.85. The molecule has 190 valence electrons. The first kappa shape index (κ1) is 25.7. The van der Waals surface area contributed by atoms with E-state index in [1.807, 2.05) is 4.90 Å². The molecule has 0 radical (unpaired) electrons. The van der Waals surface area contributed by atoms with Gasteiger partial charge in [0.15, 0.2) is 0 Å². The summed E-state index contributed by atoms with van der Waals surface area (Å²) in [7, 11) is -4.85. The van der Waals surface area contributed by atoms with Gasteiger partial charge in [-0.3, -0.25) is 19.1 Å². The van der Waals surface area contributed by atoms with E-state index in [0.29, 0.717) is 24.6 Å². The molecule has 3 rings (SSSR count). The van der Waals surface area contributed by atoms with Crippen molar-refractivity contribution in [1.82, 2.24) is 25.2 Å². The molecule has 2 atom stereocenters. The van der Waals surface area contributed by atoms with Crippen molar-refractivity contribution < 1.29 is 41.2 Å². The Morgan fingerprint density at radius 2 is 1.94 bits per heavy atom. The summed E-state index contributed by atoms with van der Waals surface area (Å²) in [4.78, 5) is 46.6. The fraction of sp³-hybridized carbons (Fsp3) is 0.632. The van der Waals surface area contributed by atoms with Crippen LogP contribution in [0.15, 0.2) is 24.7 Å². The lowest BCUT2D eigenvalue weighted by Crippen LogP contribution is -2.50. The molecule has 0 unspecified atom stereocenters. The lowest BCUT2D eigenvalue weighted by atomic mass is 10.0. The zero-order valence-electron chi connectivity index (χ0n) is 19.1. The van der Waals surface area contributed by atoms with E-state index in [9.17, 15) is 22.8 Å². The van der Waals surface area contributed by atoms with Gasteiger partial charge < -0.3 is 14.5 Å². The Hall–Kier alpha value is -2.88. The average Bonchev–Trinajstić information content (AvgIpc) is 2.89. The number of hydrogen-bond donors (Lipinski definition) is 2. The Balaban J connectivity index is 1.43. The molecule has 0 saturated carbocycles. The molecule has 2 fully saturated rings. The molecular weight excluding hydrogens is 474 g/mol. The second kappa shape index (κ2) is 10.2. The van der Waals surface area contributed by atoms with Gasteiger partial charge in [0, 0.05) is 38.2 Å². The molecule has 4 amide bonds. The van der Waals surface area contributed by atoms with Gasteiger partial charge in [0.05, 0.1) is 12.6 Å². The third-order valence-corrected chi connectivity index (χ3v) is 5.45. The Kier molecular flexibility index (Phi) is 7.70. The van der Waals surface area contributed by atoms with Gasteiger partial charge in [-0.15, -0.1) is 4.28 Å². The normalized spacial score (nSPS) is 22.8. The van der Waals surface area contributed by atoms with Crippen LogP contribution in [0.3, 0.4) is 0 Å². The van der Waals surface area contributed by atoms with E-state index < -0.39 is 46.1 Å². The topological polar surface area (TPSA) is 158 Å². The summed E-state index contributed by atoms with van der Waals surface area (Å²) in [5.41, 5.74) is 1.70. The third-order valence-electron chi connectivity index (χ3n) is 5.10. The first-order valence-corrected chi connectivity index (χ1v) is 12.0. The van der Waals surface area contributed by atoms with Crippen molar-refractivity contribution in [1.29, 1.82) is 0 Å². The maximum atomic E-state index is 12.5. The molecule has 34 heavy (non-hydrogen) atoms. The number of hydrogen-bond acceptors (Lipinski definition) is 9. The SMILES string of the molecule is CC(C)(C)OC(=O)N1C=CCN(CCONC(=O)[C@@H]2CC[C@@H]3CN2C(=O)N3OS(=O)(=O)O)C=C1. The molecule has 0 aliphatic carbocycles. The van der Waals surface area contributed by atoms with Crippen LogP contribution in [0.4, 0.5) is 9.59 Å². The van der Waals surface area contributed by atoms with Crippen molar-refractivity contribution in [3.63, 3.8) is 0 Å². The van der Waals surface area contributed by atoms with E-state index in [-0.39, 0.29) is 19.6 Å². The first-order valence-electron chi connectivity index (χ1n) is 10.6. The van der Waals surface area contributed by atoms with E-state index in [1.54, 1.807) is 45.4 Å². The second-order valence-electron chi connectivity index (χ2n) is 8.89. The van der Waals surface area contributed by atoms with Crippen molar-refractivity contribution in [3.05, 3.63) is 24.7 Å². The Morgan fingerprint density at radius 3 is 2.62 bits per heavy atom. The predicted octanol–water partition coefficient (Wildman–Crippen LogP) is 0.575. The van der Waals surface area contributed by atoms with Gasteiger partial charge in [-0.25, -0.2) is 15.1 Å². The molecule has 0 aromatic carbocycles. The molecular formula is C19H29N5O9S. The van der Waals surface area contributed by atoms with Crippen molar-refractivity contribution in [2.45, 2.75) is 51.3 Å². The summed E-state index contributed by atoms with van der Waals surface area (Å²) >= 11 is 0. The van der Waals surface area contributed by atoms with Crippen LogP contribution < -0.4 is 5.48 Å². The molecule has 0 spiro atoms. The largest absolute Gasteiger partial charge is 0.443 e. The standard InChI is InChI=1S/C19H29N5O9S/c1-19(2,3)32-18(27)22-8-4-7-21(9-10-22)11-12-31-20-16(25)15-6-5-14-13-23(15)17(26)24(14)33-34(28,29)30/h4,8-10,14-15H,5-7,11-13H2,1-3H3,(H,20,25)(H,28,29,30)/t14-,15+/m1/s1.